The normalized spacial score (nSPS) is 20.4. The fraction of sp³-hybridized carbons (Fsp3) is 0.452. The molecule has 0 radical (unpaired) electrons. The highest BCUT2D eigenvalue weighted by atomic mass is 16.5. The van der Waals surface area contributed by atoms with Crippen molar-refractivity contribution in [3.63, 3.8) is 0 Å². The average molecular weight is 559 g/mol. The predicted octanol–water partition coefficient (Wildman–Crippen LogP) is 3.31. The van der Waals surface area contributed by atoms with E-state index < -0.39 is 12.1 Å². The lowest BCUT2D eigenvalue weighted by atomic mass is 9.99. The molecular formula is C31H38N6O4. The van der Waals surface area contributed by atoms with Crippen LogP contribution < -0.4 is 10.1 Å². The van der Waals surface area contributed by atoms with Gasteiger partial charge in [0, 0.05) is 31.6 Å². The van der Waals surface area contributed by atoms with E-state index in [1.165, 1.54) is 0 Å². The summed E-state index contributed by atoms with van der Waals surface area (Å²) in [6, 6.07) is 16.0. The average Bonchev–Trinajstić information content (AvgIpc) is 3.38. The second kappa shape index (κ2) is 13.0. The molecule has 0 unspecified atom stereocenters. The lowest BCUT2D eigenvalue weighted by Crippen LogP contribution is -2.53. The molecule has 41 heavy (non-hydrogen) atoms. The Hall–Kier alpha value is -4.21. The summed E-state index contributed by atoms with van der Waals surface area (Å²) in [7, 11) is 1.59. The third kappa shape index (κ3) is 6.75. The standard InChI is InChI=1S/C31H38N6O4/c1-22-32-29-26(21-23-9-4-3-5-10-23)33-30(39)27-11-6-7-18-36(27)28(38)12-8-17-35(19-20-37(29)34-22)31(40)24-13-15-25(41-2)16-14-24/h3-5,9-10,13-16,26-27H,6-8,11-12,17-21H2,1-2H3,(H,33,39)/t26-,27+/m1/s1. The Kier molecular flexibility index (Phi) is 8.96. The van der Waals surface area contributed by atoms with Gasteiger partial charge in [0.1, 0.15) is 23.4 Å². The number of hydrogen-bond donors (Lipinski definition) is 1. The maximum atomic E-state index is 13.7. The van der Waals surface area contributed by atoms with E-state index in [4.69, 9.17) is 9.72 Å². The number of amides is 3. The van der Waals surface area contributed by atoms with E-state index in [1.54, 1.807) is 41.2 Å². The molecule has 3 amide bonds. The second-order valence-electron chi connectivity index (χ2n) is 10.7. The maximum Gasteiger partial charge on any atom is 0.253 e. The number of carbonyl (C=O) groups is 3. The van der Waals surface area contributed by atoms with Crippen LogP contribution in [0.15, 0.2) is 54.6 Å². The smallest absolute Gasteiger partial charge is 0.253 e. The predicted molar refractivity (Wildman–Crippen MR) is 153 cm³/mol. The molecular weight excluding hydrogens is 520 g/mol. The summed E-state index contributed by atoms with van der Waals surface area (Å²) in [5.41, 5.74) is 1.61. The van der Waals surface area contributed by atoms with Gasteiger partial charge in [-0.15, -0.1) is 0 Å². The van der Waals surface area contributed by atoms with Gasteiger partial charge in [-0.3, -0.25) is 14.4 Å². The first kappa shape index (κ1) is 28.3. The van der Waals surface area contributed by atoms with Crippen LogP contribution in [0, 0.1) is 6.92 Å². The third-order valence-electron chi connectivity index (χ3n) is 7.87. The molecule has 2 aliphatic heterocycles. The Morgan fingerprint density at radius 2 is 1.76 bits per heavy atom. The van der Waals surface area contributed by atoms with Crippen LogP contribution in [0.5, 0.6) is 5.75 Å². The highest BCUT2D eigenvalue weighted by Gasteiger charge is 2.34. The van der Waals surface area contributed by atoms with Crippen LogP contribution in [0.25, 0.3) is 0 Å². The summed E-state index contributed by atoms with van der Waals surface area (Å²) in [6.45, 7) is 3.59. The lowest BCUT2D eigenvalue weighted by Gasteiger charge is -2.36. The molecule has 0 aliphatic carbocycles. The molecule has 216 valence electrons. The van der Waals surface area contributed by atoms with Crippen molar-refractivity contribution in [1.29, 1.82) is 0 Å². The maximum absolute atomic E-state index is 13.7. The molecule has 2 aliphatic rings. The van der Waals surface area contributed by atoms with Gasteiger partial charge in [0.05, 0.1) is 19.7 Å². The molecule has 1 aromatic heterocycles. The monoisotopic (exact) mass is 558 g/mol. The molecule has 3 aromatic rings. The van der Waals surface area contributed by atoms with Gasteiger partial charge in [-0.05, 0) is 68.9 Å². The molecule has 3 heterocycles. The van der Waals surface area contributed by atoms with Gasteiger partial charge in [-0.2, -0.15) is 5.10 Å². The zero-order chi connectivity index (χ0) is 28.8. The van der Waals surface area contributed by atoms with Gasteiger partial charge in [-0.25, -0.2) is 9.67 Å². The molecule has 0 bridgehead atoms. The van der Waals surface area contributed by atoms with Crippen molar-refractivity contribution in [3.05, 3.63) is 77.4 Å². The number of rotatable bonds is 4. The number of carbonyl (C=O) groups excluding carboxylic acids is 3. The Morgan fingerprint density at radius 3 is 2.51 bits per heavy atom. The number of methoxy groups -OCH3 is 1. The minimum absolute atomic E-state index is 0.0441. The van der Waals surface area contributed by atoms with E-state index in [0.717, 1.165) is 18.4 Å². The summed E-state index contributed by atoms with van der Waals surface area (Å²) in [5, 5.41) is 7.89. The number of ether oxygens (including phenoxy) is 1. The van der Waals surface area contributed by atoms with E-state index >= 15 is 0 Å². The van der Waals surface area contributed by atoms with Crippen molar-refractivity contribution in [1.82, 2.24) is 29.9 Å². The number of benzene rings is 2. The molecule has 5 rings (SSSR count). The molecule has 1 saturated heterocycles. The summed E-state index contributed by atoms with van der Waals surface area (Å²) < 4.78 is 7.06. The van der Waals surface area contributed by atoms with Gasteiger partial charge in [-0.1, -0.05) is 30.3 Å². The first-order valence-electron chi connectivity index (χ1n) is 14.4. The van der Waals surface area contributed by atoms with Gasteiger partial charge in [0.15, 0.2) is 0 Å². The van der Waals surface area contributed by atoms with Gasteiger partial charge in [0.25, 0.3) is 5.91 Å². The third-order valence-corrected chi connectivity index (χ3v) is 7.87. The molecule has 1 N–H and O–H groups in total. The Balaban J connectivity index is 1.48. The highest BCUT2D eigenvalue weighted by Crippen LogP contribution is 2.23. The summed E-state index contributed by atoms with van der Waals surface area (Å²) >= 11 is 0. The quantitative estimate of drug-likeness (QED) is 0.526. The van der Waals surface area contributed by atoms with Crippen molar-refractivity contribution in [2.75, 3.05) is 26.7 Å². The van der Waals surface area contributed by atoms with E-state index in [2.05, 4.69) is 10.4 Å². The summed E-state index contributed by atoms with van der Waals surface area (Å²) in [5.74, 6) is 1.60. The number of nitrogens with zero attached hydrogens (tertiary/aromatic N) is 5. The second-order valence-corrected chi connectivity index (χ2v) is 10.7. The Labute approximate surface area is 240 Å². The number of fused-ring (bicyclic) bond motifs is 2. The van der Waals surface area contributed by atoms with Crippen molar-refractivity contribution < 1.29 is 19.1 Å². The SMILES string of the molecule is COc1ccc(C(=O)N2CCCC(=O)N3CCCC[C@H]3C(=O)N[C@H](Cc3ccccc3)c3nc(C)nn3CC2)cc1. The van der Waals surface area contributed by atoms with Crippen LogP contribution in [0.1, 0.15) is 65.7 Å². The zero-order valence-corrected chi connectivity index (χ0v) is 23.8. The first-order valence-corrected chi connectivity index (χ1v) is 14.4. The van der Waals surface area contributed by atoms with Crippen molar-refractivity contribution in [3.8, 4) is 5.75 Å². The largest absolute Gasteiger partial charge is 0.497 e. The molecule has 2 atom stereocenters. The van der Waals surface area contributed by atoms with Crippen LogP contribution in [0.3, 0.4) is 0 Å². The Morgan fingerprint density at radius 1 is 0.976 bits per heavy atom. The molecule has 1 fully saturated rings. The van der Waals surface area contributed by atoms with Crippen molar-refractivity contribution in [2.45, 2.75) is 64.1 Å². The van der Waals surface area contributed by atoms with E-state index in [-0.39, 0.29) is 24.1 Å². The fourth-order valence-electron chi connectivity index (χ4n) is 5.73. The van der Waals surface area contributed by atoms with E-state index in [1.807, 2.05) is 41.9 Å². The molecule has 10 heteroatoms. The number of aromatic nitrogens is 3. The van der Waals surface area contributed by atoms with Crippen LogP contribution in [0.4, 0.5) is 0 Å². The van der Waals surface area contributed by atoms with Gasteiger partial charge >= 0.3 is 0 Å². The van der Waals surface area contributed by atoms with Crippen LogP contribution in [-0.2, 0) is 22.6 Å². The highest BCUT2D eigenvalue weighted by molar-refractivity contribution is 5.94. The number of piperidine rings is 1. The van der Waals surface area contributed by atoms with Gasteiger partial charge < -0.3 is 19.9 Å². The van der Waals surface area contributed by atoms with Crippen LogP contribution in [0.2, 0.25) is 0 Å². The first-order chi connectivity index (χ1) is 19.9. The number of aryl methyl sites for hydroxylation is 1. The Bertz CT molecular complexity index is 1360. The minimum atomic E-state index is -0.521. The number of hydrogen-bond acceptors (Lipinski definition) is 6. The lowest BCUT2D eigenvalue weighted by molar-refractivity contribution is -0.142. The van der Waals surface area contributed by atoms with Gasteiger partial charge in [0.2, 0.25) is 11.8 Å². The van der Waals surface area contributed by atoms with Crippen molar-refractivity contribution in [2.24, 2.45) is 0 Å². The van der Waals surface area contributed by atoms with Crippen LogP contribution >= 0.6 is 0 Å². The molecule has 2 aromatic carbocycles. The fourth-order valence-corrected chi connectivity index (χ4v) is 5.73. The van der Waals surface area contributed by atoms with Crippen LogP contribution in [-0.4, -0.2) is 75.1 Å². The zero-order valence-electron chi connectivity index (χ0n) is 23.8. The summed E-state index contributed by atoms with van der Waals surface area (Å²) in [6.07, 6.45) is 3.70. The minimum Gasteiger partial charge on any atom is -0.497 e. The van der Waals surface area contributed by atoms with E-state index in [0.29, 0.717) is 68.4 Å². The topological polar surface area (TPSA) is 110 Å². The van der Waals surface area contributed by atoms with Crippen molar-refractivity contribution >= 4 is 17.7 Å². The number of nitrogens with one attached hydrogen (secondary N) is 1. The molecule has 10 nitrogen and oxygen atoms in total. The molecule has 0 spiro atoms. The molecule has 0 saturated carbocycles. The van der Waals surface area contributed by atoms with E-state index in [9.17, 15) is 14.4 Å². The summed E-state index contributed by atoms with van der Waals surface area (Å²) in [4.78, 5) is 48.9.